The average Bonchev–Trinajstić information content (AvgIpc) is 2.60. The summed E-state index contributed by atoms with van der Waals surface area (Å²) in [6.45, 7) is 5.06. The molecule has 0 heterocycles. The Morgan fingerprint density at radius 2 is 0.852 bits per heavy atom. The lowest BCUT2D eigenvalue weighted by Gasteiger charge is -2.11. The monoisotopic (exact) mass is 386 g/mol. The fraction of sp³-hybridized carbons (Fsp3) is 0.200. The molecule has 0 amide bonds. The molecule has 0 aromatic heterocycles. The van der Waals surface area contributed by atoms with Crippen molar-refractivity contribution < 1.29 is 27.6 Å². The number of carbonyl (C=O) groups excluding carboxylic acids is 4. The van der Waals surface area contributed by atoms with Gasteiger partial charge in [0.1, 0.15) is 0 Å². The predicted molar refractivity (Wildman–Crippen MR) is 98.4 cm³/mol. The van der Waals surface area contributed by atoms with Crippen molar-refractivity contribution in [1.82, 2.24) is 0 Å². The molecule has 6 nitrogen and oxygen atoms in total. The molecule has 2 rings (SSSR count). The highest BCUT2D eigenvalue weighted by Crippen LogP contribution is 2.26. The van der Waals surface area contributed by atoms with Crippen molar-refractivity contribution >= 4 is 33.0 Å². The lowest BCUT2D eigenvalue weighted by Crippen LogP contribution is -2.10. The first kappa shape index (κ1) is 20.4. The maximum atomic E-state index is 13.0. The van der Waals surface area contributed by atoms with Gasteiger partial charge < -0.3 is 0 Å². The first-order valence-electron chi connectivity index (χ1n) is 8.03. The second-order valence-corrected chi connectivity index (χ2v) is 8.09. The zero-order valence-corrected chi connectivity index (χ0v) is 16.1. The normalized spacial score (nSPS) is 11.1. The van der Waals surface area contributed by atoms with Gasteiger partial charge in [0.05, 0.1) is 9.79 Å². The third kappa shape index (κ3) is 3.93. The zero-order chi connectivity index (χ0) is 20.5. The van der Waals surface area contributed by atoms with Crippen LogP contribution in [0.25, 0.3) is 0 Å². The molecule has 0 aliphatic carbocycles. The highest BCUT2D eigenvalue weighted by molar-refractivity contribution is 7.91. The van der Waals surface area contributed by atoms with Gasteiger partial charge in [-0.05, 0) is 64.1 Å². The van der Waals surface area contributed by atoms with Gasteiger partial charge in [-0.1, -0.05) is 0 Å². The van der Waals surface area contributed by atoms with Crippen LogP contribution in [0.15, 0.2) is 46.2 Å². The molecule has 7 heteroatoms. The molecule has 0 saturated carbocycles. The van der Waals surface area contributed by atoms with Gasteiger partial charge in [-0.3, -0.25) is 19.2 Å². The third-order valence-electron chi connectivity index (χ3n) is 4.12. The highest BCUT2D eigenvalue weighted by Gasteiger charge is 2.23. The number of sulfone groups is 1. The molecule has 0 atom stereocenters. The van der Waals surface area contributed by atoms with E-state index in [0.717, 1.165) is 12.1 Å². The molecule has 27 heavy (non-hydrogen) atoms. The maximum absolute atomic E-state index is 13.0. The predicted octanol–water partition coefficient (Wildman–Crippen LogP) is 3.33. The van der Waals surface area contributed by atoms with Crippen LogP contribution in [-0.4, -0.2) is 31.6 Å². The van der Waals surface area contributed by atoms with Crippen LogP contribution in [0.2, 0.25) is 0 Å². The molecule has 0 bridgehead atoms. The van der Waals surface area contributed by atoms with Crippen molar-refractivity contribution in [2.24, 2.45) is 0 Å². The van der Waals surface area contributed by atoms with Crippen LogP contribution >= 0.6 is 0 Å². The van der Waals surface area contributed by atoms with Gasteiger partial charge in [-0.2, -0.15) is 0 Å². The summed E-state index contributed by atoms with van der Waals surface area (Å²) in [6.07, 6.45) is 0. The van der Waals surface area contributed by atoms with Gasteiger partial charge >= 0.3 is 0 Å². The van der Waals surface area contributed by atoms with E-state index in [2.05, 4.69) is 0 Å². The van der Waals surface area contributed by atoms with Gasteiger partial charge in [0.25, 0.3) is 0 Å². The summed E-state index contributed by atoms with van der Waals surface area (Å²) in [6, 6.07) is 7.38. The van der Waals surface area contributed by atoms with Crippen LogP contribution in [0.4, 0.5) is 0 Å². The zero-order valence-electron chi connectivity index (χ0n) is 15.3. The van der Waals surface area contributed by atoms with Crippen molar-refractivity contribution in [3.63, 3.8) is 0 Å². The molecule has 0 N–H and O–H groups in total. The van der Waals surface area contributed by atoms with Gasteiger partial charge in [-0.25, -0.2) is 8.42 Å². The van der Waals surface area contributed by atoms with Gasteiger partial charge in [0, 0.05) is 22.3 Å². The Labute approximate surface area is 157 Å². The lowest BCUT2D eigenvalue weighted by atomic mass is 10.0. The van der Waals surface area contributed by atoms with Crippen molar-refractivity contribution in [2.75, 3.05) is 0 Å². The Hall–Kier alpha value is -2.93. The summed E-state index contributed by atoms with van der Waals surface area (Å²) in [5.74, 6) is -1.58. The van der Waals surface area contributed by atoms with Crippen LogP contribution in [0.5, 0.6) is 0 Å². The SMILES string of the molecule is CC(=O)c1ccc(S(=O)(=O)c2ccc(C(C)=O)c(C(C)=O)c2)cc1C(C)=O. The molecule has 0 aliphatic rings. The second kappa shape index (κ2) is 7.36. The Kier molecular flexibility index (Phi) is 5.56. The highest BCUT2D eigenvalue weighted by atomic mass is 32.2. The summed E-state index contributed by atoms with van der Waals surface area (Å²) in [5, 5.41) is 0. The molecular weight excluding hydrogens is 368 g/mol. The number of benzene rings is 2. The molecule has 0 saturated heterocycles. The largest absolute Gasteiger partial charge is 0.294 e. The number of carbonyl (C=O) groups is 4. The molecular formula is C20H18O6S. The first-order valence-corrected chi connectivity index (χ1v) is 9.52. The first-order chi connectivity index (χ1) is 12.5. The quantitative estimate of drug-likeness (QED) is 0.706. The Morgan fingerprint density at radius 1 is 0.556 bits per heavy atom. The van der Waals surface area contributed by atoms with E-state index in [1.54, 1.807) is 0 Å². The van der Waals surface area contributed by atoms with Crippen LogP contribution < -0.4 is 0 Å². The second-order valence-electron chi connectivity index (χ2n) is 6.14. The van der Waals surface area contributed by atoms with Gasteiger partial charge in [0.15, 0.2) is 23.1 Å². The van der Waals surface area contributed by atoms with E-state index in [-0.39, 0.29) is 43.6 Å². The topological polar surface area (TPSA) is 102 Å². The summed E-state index contributed by atoms with van der Waals surface area (Å²) in [4.78, 5) is 46.6. The molecule has 140 valence electrons. The molecule has 0 aliphatic heterocycles. The van der Waals surface area contributed by atoms with Gasteiger partial charge in [0.2, 0.25) is 9.84 Å². The van der Waals surface area contributed by atoms with Crippen molar-refractivity contribution in [3.8, 4) is 0 Å². The summed E-state index contributed by atoms with van der Waals surface area (Å²) in [5.41, 5.74) is 0.294. The van der Waals surface area contributed by atoms with Crippen molar-refractivity contribution in [2.45, 2.75) is 37.5 Å². The fourth-order valence-electron chi connectivity index (χ4n) is 2.71. The fourth-order valence-corrected chi connectivity index (χ4v) is 4.03. The number of Topliss-reactive ketones (excluding diaryl/α,β-unsaturated/α-hetero) is 4. The molecule has 0 radical (unpaired) electrons. The van der Waals surface area contributed by atoms with E-state index in [1.807, 2.05) is 0 Å². The van der Waals surface area contributed by atoms with Crippen LogP contribution in [0.3, 0.4) is 0 Å². The summed E-state index contributed by atoms with van der Waals surface area (Å²) in [7, 11) is -4.06. The Morgan fingerprint density at radius 3 is 1.11 bits per heavy atom. The smallest absolute Gasteiger partial charge is 0.206 e. The number of hydrogen-bond acceptors (Lipinski definition) is 6. The van der Waals surface area contributed by atoms with E-state index in [1.165, 1.54) is 52.0 Å². The third-order valence-corrected chi connectivity index (χ3v) is 5.87. The van der Waals surface area contributed by atoms with Crippen LogP contribution in [-0.2, 0) is 9.84 Å². The number of rotatable bonds is 6. The molecule has 0 spiro atoms. The van der Waals surface area contributed by atoms with E-state index in [9.17, 15) is 27.6 Å². The molecule has 2 aromatic rings. The summed E-state index contributed by atoms with van der Waals surface area (Å²) >= 11 is 0. The minimum Gasteiger partial charge on any atom is -0.294 e. The van der Waals surface area contributed by atoms with Crippen LogP contribution in [0, 0.1) is 0 Å². The van der Waals surface area contributed by atoms with Crippen LogP contribution in [0.1, 0.15) is 69.1 Å². The lowest BCUT2D eigenvalue weighted by molar-refractivity contribution is 0.0980. The molecule has 0 fully saturated rings. The van der Waals surface area contributed by atoms with E-state index >= 15 is 0 Å². The van der Waals surface area contributed by atoms with Crippen molar-refractivity contribution in [3.05, 3.63) is 58.7 Å². The van der Waals surface area contributed by atoms with E-state index < -0.39 is 21.4 Å². The summed E-state index contributed by atoms with van der Waals surface area (Å²) < 4.78 is 25.9. The average molecular weight is 386 g/mol. The minimum atomic E-state index is -4.06. The molecule has 2 aromatic carbocycles. The van der Waals surface area contributed by atoms with Gasteiger partial charge in [-0.15, -0.1) is 0 Å². The van der Waals surface area contributed by atoms with Crippen molar-refractivity contribution in [1.29, 1.82) is 0 Å². The maximum Gasteiger partial charge on any atom is 0.206 e. The van der Waals surface area contributed by atoms with E-state index in [0.29, 0.717) is 0 Å². The Balaban J connectivity index is 2.69. The molecule has 0 unspecified atom stereocenters. The number of hydrogen-bond donors (Lipinski definition) is 0. The van der Waals surface area contributed by atoms with E-state index in [4.69, 9.17) is 0 Å². The standard InChI is InChI=1S/C20H18O6S/c1-11(21)17-7-5-15(9-19(17)13(3)23)27(25,26)16-6-8-18(12(2)22)20(10-16)14(4)24/h5-10H,1-4H3. The Bertz CT molecular complexity index is 1010. The number of ketones is 4. The minimum absolute atomic E-state index is 0.00993.